The van der Waals surface area contributed by atoms with Crippen LogP contribution in [-0.2, 0) is 0 Å². The molecule has 1 aromatic rings. The quantitative estimate of drug-likeness (QED) is 0.391. The van der Waals surface area contributed by atoms with Crippen molar-refractivity contribution in [2.24, 2.45) is 5.16 Å². The molecule has 0 atom stereocenters. The van der Waals surface area contributed by atoms with Gasteiger partial charge in [-0.2, -0.15) is 0 Å². The second kappa shape index (κ2) is 3.39. The highest BCUT2D eigenvalue weighted by atomic mass is 35.5. The summed E-state index contributed by atoms with van der Waals surface area (Å²) in [6, 6.07) is 7.42. The number of halogens is 1. The molecule has 0 aromatic heterocycles. The summed E-state index contributed by atoms with van der Waals surface area (Å²) in [5.41, 5.74) is 1.87. The number of rotatable bonds is 1. The minimum absolute atomic E-state index is 0.116. The summed E-state index contributed by atoms with van der Waals surface area (Å²) >= 11 is 5.54. The molecule has 0 aliphatic carbocycles. The minimum atomic E-state index is 0.116. The molecule has 0 bridgehead atoms. The van der Waals surface area contributed by atoms with Crippen LogP contribution < -0.4 is 0 Å². The minimum Gasteiger partial charge on any atom is -0.410 e. The van der Waals surface area contributed by atoms with Crippen LogP contribution in [0.5, 0.6) is 0 Å². The number of aryl methyl sites for hydroxylation is 1. The molecule has 3 heteroatoms. The molecule has 0 amide bonds. The van der Waals surface area contributed by atoms with Crippen LogP contribution in [0.3, 0.4) is 0 Å². The van der Waals surface area contributed by atoms with Crippen LogP contribution >= 0.6 is 11.6 Å². The first-order valence-electron chi connectivity index (χ1n) is 3.18. The zero-order valence-corrected chi connectivity index (χ0v) is 6.84. The predicted molar refractivity (Wildman–Crippen MR) is 45.4 cm³/mol. The van der Waals surface area contributed by atoms with Gasteiger partial charge in [0.25, 0.3) is 0 Å². The average molecular weight is 170 g/mol. The highest BCUT2D eigenvalue weighted by Gasteiger charge is 1.97. The first kappa shape index (κ1) is 8.08. The van der Waals surface area contributed by atoms with E-state index < -0.39 is 0 Å². The SMILES string of the molecule is Cc1ccc(/C(Cl)=N/O)cc1. The van der Waals surface area contributed by atoms with E-state index in [2.05, 4.69) is 5.16 Å². The standard InChI is InChI=1S/C8H8ClNO/c1-6-2-4-7(5-3-6)8(9)10-11/h2-5,11H,1H3/b10-8-. The van der Waals surface area contributed by atoms with E-state index >= 15 is 0 Å². The van der Waals surface area contributed by atoms with E-state index in [9.17, 15) is 0 Å². The van der Waals surface area contributed by atoms with Gasteiger partial charge in [0.15, 0.2) is 5.17 Å². The van der Waals surface area contributed by atoms with Gasteiger partial charge in [-0.05, 0) is 6.92 Å². The molecule has 0 heterocycles. The maximum absolute atomic E-state index is 8.31. The van der Waals surface area contributed by atoms with E-state index in [1.807, 2.05) is 19.1 Å². The van der Waals surface area contributed by atoms with Gasteiger partial charge in [-0.3, -0.25) is 0 Å². The molecule has 1 rings (SSSR count). The van der Waals surface area contributed by atoms with Crippen molar-refractivity contribution >= 4 is 16.8 Å². The van der Waals surface area contributed by atoms with Crippen molar-refractivity contribution in [2.75, 3.05) is 0 Å². The van der Waals surface area contributed by atoms with Crippen LogP contribution in [0.15, 0.2) is 29.4 Å². The summed E-state index contributed by atoms with van der Waals surface area (Å²) in [6.45, 7) is 1.98. The van der Waals surface area contributed by atoms with Gasteiger partial charge in [-0.1, -0.05) is 46.6 Å². The molecule has 1 N–H and O–H groups in total. The molecule has 2 nitrogen and oxygen atoms in total. The third-order valence-corrected chi connectivity index (χ3v) is 1.67. The van der Waals surface area contributed by atoms with E-state index in [1.165, 1.54) is 0 Å². The van der Waals surface area contributed by atoms with Gasteiger partial charge in [0.1, 0.15) is 0 Å². The Bertz CT molecular complexity index is 266. The number of hydrogen-bond donors (Lipinski definition) is 1. The average Bonchev–Trinajstić information content (AvgIpc) is 2.05. The Morgan fingerprint density at radius 1 is 1.36 bits per heavy atom. The van der Waals surface area contributed by atoms with Crippen molar-refractivity contribution in [1.82, 2.24) is 0 Å². The first-order chi connectivity index (χ1) is 5.24. The molecular weight excluding hydrogens is 162 g/mol. The molecule has 0 saturated carbocycles. The highest BCUT2D eigenvalue weighted by molar-refractivity contribution is 6.69. The lowest BCUT2D eigenvalue weighted by molar-refractivity contribution is 0.321. The van der Waals surface area contributed by atoms with Crippen molar-refractivity contribution in [3.8, 4) is 0 Å². The van der Waals surface area contributed by atoms with Gasteiger partial charge >= 0.3 is 0 Å². The fourth-order valence-electron chi connectivity index (χ4n) is 0.749. The van der Waals surface area contributed by atoms with E-state index in [-0.39, 0.29) is 5.17 Å². The van der Waals surface area contributed by atoms with Crippen molar-refractivity contribution in [3.63, 3.8) is 0 Å². The Balaban J connectivity index is 2.99. The van der Waals surface area contributed by atoms with Crippen molar-refractivity contribution < 1.29 is 5.21 Å². The van der Waals surface area contributed by atoms with Crippen molar-refractivity contribution in [1.29, 1.82) is 0 Å². The van der Waals surface area contributed by atoms with Gasteiger partial charge < -0.3 is 5.21 Å². The fraction of sp³-hybridized carbons (Fsp3) is 0.125. The van der Waals surface area contributed by atoms with Gasteiger partial charge in [0, 0.05) is 5.56 Å². The molecule has 0 spiro atoms. The summed E-state index contributed by atoms with van der Waals surface area (Å²) in [7, 11) is 0. The lowest BCUT2D eigenvalue weighted by Gasteiger charge is -1.95. The second-order valence-corrected chi connectivity index (χ2v) is 2.61. The van der Waals surface area contributed by atoms with Crippen molar-refractivity contribution in [2.45, 2.75) is 6.92 Å². The topological polar surface area (TPSA) is 32.6 Å². The molecule has 0 radical (unpaired) electrons. The second-order valence-electron chi connectivity index (χ2n) is 2.26. The van der Waals surface area contributed by atoms with Crippen LogP contribution in [0.2, 0.25) is 0 Å². The van der Waals surface area contributed by atoms with E-state index in [0.29, 0.717) is 0 Å². The van der Waals surface area contributed by atoms with Gasteiger partial charge in [0.05, 0.1) is 0 Å². The van der Waals surface area contributed by atoms with Gasteiger partial charge in [0.2, 0.25) is 0 Å². The summed E-state index contributed by atoms with van der Waals surface area (Å²) in [6.07, 6.45) is 0. The van der Waals surface area contributed by atoms with E-state index in [0.717, 1.165) is 11.1 Å². The van der Waals surface area contributed by atoms with Gasteiger partial charge in [-0.25, -0.2) is 0 Å². The lowest BCUT2D eigenvalue weighted by Crippen LogP contribution is -1.89. The Hall–Kier alpha value is -1.02. The fourth-order valence-corrected chi connectivity index (χ4v) is 0.875. The molecule has 58 valence electrons. The monoisotopic (exact) mass is 169 g/mol. The maximum Gasteiger partial charge on any atom is 0.175 e. The molecule has 0 aliphatic rings. The zero-order chi connectivity index (χ0) is 8.27. The molecule has 0 fully saturated rings. The summed E-state index contributed by atoms with van der Waals surface area (Å²) in [5, 5.41) is 11.3. The van der Waals surface area contributed by atoms with Crippen LogP contribution in [0.4, 0.5) is 0 Å². The molecular formula is C8H8ClNO. The third-order valence-electron chi connectivity index (χ3n) is 1.38. The Labute approximate surface area is 70.1 Å². The van der Waals surface area contributed by atoms with E-state index in [4.69, 9.17) is 16.8 Å². The number of benzene rings is 1. The van der Waals surface area contributed by atoms with Crippen molar-refractivity contribution in [3.05, 3.63) is 35.4 Å². The molecule has 1 aromatic carbocycles. The van der Waals surface area contributed by atoms with Crippen LogP contribution in [0, 0.1) is 6.92 Å². The predicted octanol–water partition coefficient (Wildman–Crippen LogP) is 2.37. The summed E-state index contributed by atoms with van der Waals surface area (Å²) < 4.78 is 0. The lowest BCUT2D eigenvalue weighted by atomic mass is 10.2. The van der Waals surface area contributed by atoms with Crippen LogP contribution in [0.25, 0.3) is 0 Å². The number of nitrogens with zero attached hydrogens (tertiary/aromatic N) is 1. The first-order valence-corrected chi connectivity index (χ1v) is 3.56. The molecule has 0 saturated heterocycles. The Kier molecular flexibility index (Phi) is 2.49. The molecule has 0 unspecified atom stereocenters. The van der Waals surface area contributed by atoms with E-state index in [1.54, 1.807) is 12.1 Å². The summed E-state index contributed by atoms with van der Waals surface area (Å²) in [4.78, 5) is 0. The molecule has 0 aliphatic heterocycles. The van der Waals surface area contributed by atoms with Crippen LogP contribution in [0.1, 0.15) is 11.1 Å². The highest BCUT2D eigenvalue weighted by Crippen LogP contribution is 2.06. The zero-order valence-electron chi connectivity index (χ0n) is 6.08. The number of oxime groups is 1. The number of hydrogen-bond acceptors (Lipinski definition) is 2. The smallest absolute Gasteiger partial charge is 0.175 e. The third kappa shape index (κ3) is 1.95. The van der Waals surface area contributed by atoms with Gasteiger partial charge in [-0.15, -0.1) is 0 Å². The normalized spacial score (nSPS) is 11.6. The summed E-state index contributed by atoms with van der Waals surface area (Å²) in [5.74, 6) is 0. The Morgan fingerprint density at radius 3 is 2.36 bits per heavy atom. The largest absolute Gasteiger partial charge is 0.410 e. The van der Waals surface area contributed by atoms with Crippen LogP contribution in [-0.4, -0.2) is 10.4 Å². The molecule has 11 heavy (non-hydrogen) atoms. The Morgan fingerprint density at radius 2 is 1.91 bits per heavy atom. The maximum atomic E-state index is 8.31.